The Kier molecular flexibility index (Phi) is 4.98. The molecule has 0 aliphatic rings. The normalized spacial score (nSPS) is 10.8. The largest absolute Gasteiger partial charge is 0.343 e. The van der Waals surface area contributed by atoms with Crippen molar-refractivity contribution >= 4 is 28.9 Å². The summed E-state index contributed by atoms with van der Waals surface area (Å²) in [4.78, 5) is 23.9. The Morgan fingerprint density at radius 2 is 2.42 bits per heavy atom. The van der Waals surface area contributed by atoms with E-state index in [1.165, 1.54) is 23.1 Å². The number of hydrogen-bond donors (Lipinski definition) is 1. The summed E-state index contributed by atoms with van der Waals surface area (Å²) in [5.74, 6) is 0.965. The SMILES string of the molecule is CCn1c(SCCCC(=O)c2cccs2)n[nH]c1=O. The summed E-state index contributed by atoms with van der Waals surface area (Å²) in [5, 5.41) is 8.99. The molecule has 0 unspecified atom stereocenters. The standard InChI is InChI=1S/C12H15N3O2S2/c1-2-15-11(17)13-14-12(15)19-8-3-5-9(16)10-6-4-7-18-10/h4,6-7H,2-3,5,8H2,1H3,(H,13,17). The second-order valence-corrected chi connectivity index (χ2v) is 5.92. The average Bonchev–Trinajstić information content (AvgIpc) is 3.04. The van der Waals surface area contributed by atoms with Crippen LogP contribution < -0.4 is 5.69 Å². The Morgan fingerprint density at radius 1 is 1.58 bits per heavy atom. The Labute approximate surface area is 119 Å². The van der Waals surface area contributed by atoms with Crippen LogP contribution in [-0.4, -0.2) is 26.3 Å². The highest BCUT2D eigenvalue weighted by molar-refractivity contribution is 7.99. The molecule has 2 aromatic rings. The first-order valence-electron chi connectivity index (χ1n) is 6.07. The van der Waals surface area contributed by atoms with Gasteiger partial charge in [-0.15, -0.1) is 16.4 Å². The Morgan fingerprint density at radius 3 is 3.11 bits per heavy atom. The molecule has 0 saturated heterocycles. The summed E-state index contributed by atoms with van der Waals surface area (Å²) in [6.45, 7) is 2.51. The van der Waals surface area contributed by atoms with Gasteiger partial charge in [-0.2, -0.15) is 0 Å². The van der Waals surface area contributed by atoms with Gasteiger partial charge >= 0.3 is 5.69 Å². The molecule has 0 aliphatic heterocycles. The third-order valence-electron chi connectivity index (χ3n) is 2.61. The van der Waals surface area contributed by atoms with Crippen LogP contribution in [0.4, 0.5) is 0 Å². The van der Waals surface area contributed by atoms with E-state index in [1.807, 2.05) is 24.4 Å². The number of nitrogens with zero attached hydrogens (tertiary/aromatic N) is 2. The molecule has 0 saturated carbocycles. The van der Waals surface area contributed by atoms with Crippen LogP contribution in [0, 0.1) is 0 Å². The summed E-state index contributed by atoms with van der Waals surface area (Å²) in [7, 11) is 0. The van der Waals surface area contributed by atoms with Gasteiger partial charge in [0.05, 0.1) is 4.88 Å². The van der Waals surface area contributed by atoms with Crippen LogP contribution in [-0.2, 0) is 6.54 Å². The fourth-order valence-electron chi connectivity index (χ4n) is 1.65. The number of carbonyl (C=O) groups is 1. The van der Waals surface area contributed by atoms with Crippen molar-refractivity contribution < 1.29 is 4.79 Å². The van der Waals surface area contributed by atoms with Gasteiger partial charge in [0.25, 0.3) is 0 Å². The molecular formula is C12H15N3O2S2. The number of thioether (sulfide) groups is 1. The molecule has 0 aliphatic carbocycles. The van der Waals surface area contributed by atoms with Gasteiger partial charge in [0.1, 0.15) is 0 Å². The minimum Gasteiger partial charge on any atom is -0.293 e. The van der Waals surface area contributed by atoms with Crippen LogP contribution >= 0.6 is 23.1 Å². The highest BCUT2D eigenvalue weighted by Crippen LogP contribution is 2.17. The summed E-state index contributed by atoms with van der Waals surface area (Å²) in [6.07, 6.45) is 1.32. The molecule has 2 aromatic heterocycles. The van der Waals surface area contributed by atoms with Crippen LogP contribution in [0.5, 0.6) is 0 Å². The maximum atomic E-state index is 11.8. The van der Waals surface area contributed by atoms with Crippen molar-refractivity contribution in [3.05, 3.63) is 32.9 Å². The molecular weight excluding hydrogens is 282 g/mol. The Bertz CT molecular complexity index is 586. The van der Waals surface area contributed by atoms with Crippen molar-refractivity contribution in [3.8, 4) is 0 Å². The number of carbonyl (C=O) groups excluding carboxylic acids is 1. The number of hydrogen-bond acceptors (Lipinski definition) is 5. The zero-order valence-electron chi connectivity index (χ0n) is 10.6. The van der Waals surface area contributed by atoms with Crippen molar-refractivity contribution in [3.63, 3.8) is 0 Å². The van der Waals surface area contributed by atoms with E-state index in [-0.39, 0.29) is 11.5 Å². The van der Waals surface area contributed by atoms with Gasteiger partial charge in [-0.25, -0.2) is 9.89 Å². The molecule has 0 amide bonds. The zero-order chi connectivity index (χ0) is 13.7. The van der Waals surface area contributed by atoms with Gasteiger partial charge < -0.3 is 0 Å². The van der Waals surface area contributed by atoms with E-state index in [4.69, 9.17) is 0 Å². The molecule has 2 heterocycles. The van der Waals surface area contributed by atoms with Crippen molar-refractivity contribution in [2.75, 3.05) is 5.75 Å². The number of ketones is 1. The second-order valence-electron chi connectivity index (χ2n) is 3.91. The lowest BCUT2D eigenvalue weighted by molar-refractivity contribution is 0.0986. The first kappa shape index (κ1) is 14.1. The number of aromatic amines is 1. The predicted molar refractivity (Wildman–Crippen MR) is 77.1 cm³/mol. The van der Waals surface area contributed by atoms with E-state index in [1.54, 1.807) is 4.57 Å². The lowest BCUT2D eigenvalue weighted by atomic mass is 10.2. The van der Waals surface area contributed by atoms with E-state index in [0.717, 1.165) is 17.1 Å². The molecule has 0 bridgehead atoms. The molecule has 102 valence electrons. The molecule has 1 N–H and O–H groups in total. The third kappa shape index (κ3) is 3.57. The summed E-state index contributed by atoms with van der Waals surface area (Å²) < 4.78 is 1.59. The quantitative estimate of drug-likeness (QED) is 0.484. The van der Waals surface area contributed by atoms with Gasteiger partial charge in [-0.3, -0.25) is 9.36 Å². The first-order valence-corrected chi connectivity index (χ1v) is 7.93. The van der Waals surface area contributed by atoms with Crippen LogP contribution in [0.1, 0.15) is 29.4 Å². The van der Waals surface area contributed by atoms with Gasteiger partial charge in [0.2, 0.25) is 0 Å². The number of H-pyrrole nitrogens is 1. The Hall–Kier alpha value is -1.34. The van der Waals surface area contributed by atoms with E-state index < -0.39 is 0 Å². The topological polar surface area (TPSA) is 67.8 Å². The lowest BCUT2D eigenvalue weighted by Gasteiger charge is -2.01. The molecule has 0 radical (unpaired) electrons. The maximum Gasteiger partial charge on any atom is 0.343 e. The molecule has 5 nitrogen and oxygen atoms in total. The Balaban J connectivity index is 1.78. The van der Waals surface area contributed by atoms with Crippen LogP contribution in [0.25, 0.3) is 0 Å². The number of aromatic nitrogens is 3. The summed E-state index contributed by atoms with van der Waals surface area (Å²) in [6, 6.07) is 3.74. The molecule has 0 aromatic carbocycles. The minimum atomic E-state index is -0.181. The molecule has 19 heavy (non-hydrogen) atoms. The highest BCUT2D eigenvalue weighted by atomic mass is 32.2. The van der Waals surface area contributed by atoms with Gasteiger partial charge in [0, 0.05) is 18.7 Å². The number of rotatable bonds is 7. The highest BCUT2D eigenvalue weighted by Gasteiger charge is 2.09. The van der Waals surface area contributed by atoms with E-state index in [2.05, 4.69) is 10.2 Å². The number of thiophene rings is 1. The molecule has 2 rings (SSSR count). The van der Waals surface area contributed by atoms with Crippen LogP contribution in [0.15, 0.2) is 27.5 Å². The van der Waals surface area contributed by atoms with Gasteiger partial charge in [-0.05, 0) is 24.8 Å². The van der Waals surface area contributed by atoms with Crippen molar-refractivity contribution in [1.29, 1.82) is 0 Å². The minimum absolute atomic E-state index is 0.181. The number of Topliss-reactive ketones (excluding diaryl/α,β-unsaturated/α-hetero) is 1. The first-order chi connectivity index (χ1) is 9.22. The van der Waals surface area contributed by atoms with Crippen LogP contribution in [0.3, 0.4) is 0 Å². The molecule has 0 fully saturated rings. The fourth-order valence-corrected chi connectivity index (χ4v) is 3.29. The van der Waals surface area contributed by atoms with Gasteiger partial charge in [-0.1, -0.05) is 17.8 Å². The fraction of sp³-hybridized carbons (Fsp3) is 0.417. The molecule has 7 heteroatoms. The number of nitrogens with one attached hydrogen (secondary N) is 1. The smallest absolute Gasteiger partial charge is 0.293 e. The van der Waals surface area contributed by atoms with E-state index >= 15 is 0 Å². The third-order valence-corrected chi connectivity index (χ3v) is 4.59. The zero-order valence-corrected chi connectivity index (χ0v) is 12.2. The lowest BCUT2D eigenvalue weighted by Crippen LogP contribution is -2.16. The van der Waals surface area contributed by atoms with Crippen LogP contribution in [0.2, 0.25) is 0 Å². The maximum absolute atomic E-state index is 11.8. The summed E-state index contributed by atoms with van der Waals surface area (Å²) in [5.41, 5.74) is -0.181. The van der Waals surface area contributed by atoms with Gasteiger partial charge in [0.15, 0.2) is 10.9 Å². The molecule has 0 spiro atoms. The molecule has 0 atom stereocenters. The van der Waals surface area contributed by atoms with Crippen molar-refractivity contribution in [2.45, 2.75) is 31.5 Å². The average molecular weight is 297 g/mol. The second kappa shape index (κ2) is 6.72. The monoisotopic (exact) mass is 297 g/mol. The van der Waals surface area contributed by atoms with E-state index in [0.29, 0.717) is 18.1 Å². The van der Waals surface area contributed by atoms with Crippen molar-refractivity contribution in [2.24, 2.45) is 0 Å². The predicted octanol–water partition coefficient (Wildman–Crippen LogP) is 2.41. The summed E-state index contributed by atoms with van der Waals surface area (Å²) >= 11 is 2.98. The van der Waals surface area contributed by atoms with Crippen molar-refractivity contribution in [1.82, 2.24) is 14.8 Å². The van der Waals surface area contributed by atoms with E-state index in [9.17, 15) is 9.59 Å².